The number of rotatable bonds is 9. The third-order valence-corrected chi connectivity index (χ3v) is 6.17. The molecule has 33 heavy (non-hydrogen) atoms. The first-order valence-electron chi connectivity index (χ1n) is 11.1. The van der Waals surface area contributed by atoms with E-state index >= 15 is 0 Å². The number of aliphatic hydroxyl groups is 1. The highest BCUT2D eigenvalue weighted by molar-refractivity contribution is 6.31. The topological polar surface area (TPSA) is 37.2 Å². The zero-order valence-corrected chi connectivity index (χ0v) is 19.2. The molecule has 0 aliphatic carbocycles. The SMILES string of the molecule is CCc1cccc(CNC[C@@H](O)[C@H](Cc2cc(F)cc(F)c2)n2ccc3ccc(Cl)cc32)c1. The second kappa shape index (κ2) is 10.5. The Labute approximate surface area is 197 Å². The smallest absolute Gasteiger partial charge is 0.126 e. The molecule has 3 aromatic carbocycles. The summed E-state index contributed by atoms with van der Waals surface area (Å²) in [5.41, 5.74) is 3.75. The summed E-state index contributed by atoms with van der Waals surface area (Å²) in [6, 6.07) is 18.9. The number of aliphatic hydroxyl groups excluding tert-OH is 1. The van der Waals surface area contributed by atoms with Crippen molar-refractivity contribution in [3.8, 4) is 0 Å². The molecule has 0 aliphatic heterocycles. The first-order chi connectivity index (χ1) is 15.9. The second-order valence-corrected chi connectivity index (χ2v) is 8.78. The number of nitrogens with one attached hydrogen (secondary N) is 1. The predicted molar refractivity (Wildman–Crippen MR) is 130 cm³/mol. The molecule has 2 N–H and O–H groups in total. The Morgan fingerprint density at radius 3 is 2.45 bits per heavy atom. The first-order valence-corrected chi connectivity index (χ1v) is 11.5. The van der Waals surface area contributed by atoms with Crippen LogP contribution in [0.5, 0.6) is 0 Å². The van der Waals surface area contributed by atoms with Gasteiger partial charge in [0, 0.05) is 35.9 Å². The van der Waals surface area contributed by atoms with Gasteiger partial charge in [0.15, 0.2) is 0 Å². The quantitative estimate of drug-likeness (QED) is 0.313. The van der Waals surface area contributed by atoms with Crippen LogP contribution in [0.1, 0.15) is 29.7 Å². The van der Waals surface area contributed by atoms with Gasteiger partial charge in [0.2, 0.25) is 0 Å². The Balaban J connectivity index is 1.57. The monoisotopic (exact) mass is 468 g/mol. The zero-order valence-electron chi connectivity index (χ0n) is 18.4. The van der Waals surface area contributed by atoms with Crippen LogP contribution in [0.4, 0.5) is 8.78 Å². The van der Waals surface area contributed by atoms with E-state index in [0.29, 0.717) is 23.7 Å². The fourth-order valence-electron chi connectivity index (χ4n) is 4.26. The van der Waals surface area contributed by atoms with Crippen molar-refractivity contribution in [1.29, 1.82) is 0 Å². The zero-order chi connectivity index (χ0) is 23.4. The van der Waals surface area contributed by atoms with Crippen molar-refractivity contribution in [2.24, 2.45) is 0 Å². The van der Waals surface area contributed by atoms with Crippen LogP contribution in [0.25, 0.3) is 10.9 Å². The second-order valence-electron chi connectivity index (χ2n) is 8.35. The number of hydrogen-bond donors (Lipinski definition) is 2. The molecule has 0 amide bonds. The van der Waals surface area contributed by atoms with Crippen molar-refractivity contribution in [2.45, 2.75) is 38.5 Å². The van der Waals surface area contributed by atoms with Crippen LogP contribution in [-0.4, -0.2) is 22.3 Å². The molecule has 172 valence electrons. The highest BCUT2D eigenvalue weighted by Gasteiger charge is 2.23. The third-order valence-electron chi connectivity index (χ3n) is 5.94. The van der Waals surface area contributed by atoms with Crippen molar-refractivity contribution in [2.75, 3.05) is 6.54 Å². The molecule has 3 nitrogen and oxygen atoms in total. The van der Waals surface area contributed by atoms with E-state index in [1.165, 1.54) is 17.7 Å². The fraction of sp³-hybridized carbons (Fsp3) is 0.259. The normalized spacial score (nSPS) is 13.4. The molecule has 0 radical (unpaired) electrons. The Hall–Kier alpha value is -2.73. The predicted octanol–water partition coefficient (Wildman–Crippen LogP) is 6.07. The summed E-state index contributed by atoms with van der Waals surface area (Å²) in [5.74, 6) is -1.26. The highest BCUT2D eigenvalue weighted by Crippen LogP contribution is 2.28. The summed E-state index contributed by atoms with van der Waals surface area (Å²) in [7, 11) is 0. The Kier molecular flexibility index (Phi) is 7.43. The van der Waals surface area contributed by atoms with E-state index in [2.05, 4.69) is 24.4 Å². The molecule has 4 rings (SSSR count). The van der Waals surface area contributed by atoms with Gasteiger partial charge in [-0.05, 0) is 65.3 Å². The van der Waals surface area contributed by atoms with Gasteiger partial charge in [-0.1, -0.05) is 48.9 Å². The van der Waals surface area contributed by atoms with Gasteiger partial charge in [-0.15, -0.1) is 0 Å². The van der Waals surface area contributed by atoms with Crippen LogP contribution in [0.3, 0.4) is 0 Å². The Morgan fingerprint density at radius 1 is 0.939 bits per heavy atom. The van der Waals surface area contributed by atoms with Gasteiger partial charge in [-0.3, -0.25) is 0 Å². The minimum Gasteiger partial charge on any atom is -0.390 e. The molecule has 6 heteroatoms. The summed E-state index contributed by atoms with van der Waals surface area (Å²) in [6.45, 7) is 3.05. The molecule has 0 spiro atoms. The van der Waals surface area contributed by atoms with Gasteiger partial charge < -0.3 is 15.0 Å². The van der Waals surface area contributed by atoms with Crippen LogP contribution >= 0.6 is 11.6 Å². The lowest BCUT2D eigenvalue weighted by Crippen LogP contribution is -2.35. The minimum atomic E-state index is -0.805. The molecule has 0 fully saturated rings. The van der Waals surface area contributed by atoms with Crippen molar-refractivity contribution in [3.05, 3.63) is 106 Å². The summed E-state index contributed by atoms with van der Waals surface area (Å²) in [4.78, 5) is 0. The van der Waals surface area contributed by atoms with Crippen LogP contribution < -0.4 is 5.32 Å². The number of halogens is 3. The molecular formula is C27H27ClF2N2O. The summed E-state index contributed by atoms with van der Waals surface area (Å²) < 4.78 is 29.6. The lowest BCUT2D eigenvalue weighted by atomic mass is 10.00. The number of aryl methyl sites for hydroxylation is 1. The van der Waals surface area contributed by atoms with Crippen LogP contribution in [-0.2, 0) is 19.4 Å². The van der Waals surface area contributed by atoms with E-state index in [1.807, 2.05) is 47.2 Å². The first kappa shape index (κ1) is 23.4. The highest BCUT2D eigenvalue weighted by atomic mass is 35.5. The van der Waals surface area contributed by atoms with E-state index in [-0.39, 0.29) is 6.42 Å². The van der Waals surface area contributed by atoms with E-state index < -0.39 is 23.8 Å². The molecule has 1 heterocycles. The van der Waals surface area contributed by atoms with Gasteiger partial charge in [-0.2, -0.15) is 0 Å². The van der Waals surface area contributed by atoms with E-state index in [4.69, 9.17) is 11.6 Å². The molecule has 0 unspecified atom stereocenters. The van der Waals surface area contributed by atoms with Crippen molar-refractivity contribution in [1.82, 2.24) is 9.88 Å². The molecule has 4 aromatic rings. The average molecular weight is 469 g/mol. The van der Waals surface area contributed by atoms with Gasteiger partial charge in [0.05, 0.1) is 12.1 Å². The molecule has 2 atom stereocenters. The number of aromatic nitrogens is 1. The lowest BCUT2D eigenvalue weighted by Gasteiger charge is -2.26. The summed E-state index contributed by atoms with van der Waals surface area (Å²) in [5, 5.41) is 16.1. The van der Waals surface area contributed by atoms with Gasteiger partial charge >= 0.3 is 0 Å². The van der Waals surface area contributed by atoms with Crippen LogP contribution in [0, 0.1) is 11.6 Å². The van der Waals surface area contributed by atoms with E-state index in [0.717, 1.165) is 29.0 Å². The van der Waals surface area contributed by atoms with Gasteiger partial charge in [0.1, 0.15) is 11.6 Å². The molecule has 0 saturated carbocycles. The molecule has 0 aliphatic rings. The average Bonchev–Trinajstić information content (AvgIpc) is 3.19. The summed E-state index contributed by atoms with van der Waals surface area (Å²) in [6.07, 6.45) is 2.31. The fourth-order valence-corrected chi connectivity index (χ4v) is 4.43. The van der Waals surface area contributed by atoms with Gasteiger partial charge in [-0.25, -0.2) is 8.78 Å². The standard InChI is InChI=1S/C27H27ClF2N2O/c1-2-18-4-3-5-19(10-18)16-31-17-27(33)26(13-20-11-23(29)15-24(30)12-20)32-9-8-21-6-7-22(28)14-25(21)32/h3-12,14-15,26-27,31,33H,2,13,16-17H2,1H3/t26-,27+/m0/s1. The molecular weight excluding hydrogens is 442 g/mol. The molecule has 0 bridgehead atoms. The maximum atomic E-state index is 13.8. The maximum absolute atomic E-state index is 13.8. The largest absolute Gasteiger partial charge is 0.390 e. The molecule has 1 aromatic heterocycles. The number of benzene rings is 3. The van der Waals surface area contributed by atoms with Crippen molar-refractivity contribution < 1.29 is 13.9 Å². The lowest BCUT2D eigenvalue weighted by molar-refractivity contribution is 0.112. The maximum Gasteiger partial charge on any atom is 0.126 e. The Bertz CT molecular complexity index is 1220. The van der Waals surface area contributed by atoms with Crippen molar-refractivity contribution in [3.63, 3.8) is 0 Å². The number of fused-ring (bicyclic) bond motifs is 1. The third kappa shape index (κ3) is 5.80. The van der Waals surface area contributed by atoms with E-state index in [1.54, 1.807) is 0 Å². The van der Waals surface area contributed by atoms with Gasteiger partial charge in [0.25, 0.3) is 0 Å². The van der Waals surface area contributed by atoms with E-state index in [9.17, 15) is 13.9 Å². The van der Waals surface area contributed by atoms with Crippen molar-refractivity contribution >= 4 is 22.5 Å². The number of hydrogen-bond acceptors (Lipinski definition) is 2. The molecule has 0 saturated heterocycles. The minimum absolute atomic E-state index is 0.263. The number of nitrogens with zero attached hydrogens (tertiary/aromatic N) is 1. The Morgan fingerprint density at radius 2 is 1.70 bits per heavy atom. The van der Waals surface area contributed by atoms with Crippen LogP contribution in [0.2, 0.25) is 5.02 Å². The van der Waals surface area contributed by atoms with Crippen LogP contribution in [0.15, 0.2) is 72.9 Å². The summed E-state index contributed by atoms with van der Waals surface area (Å²) >= 11 is 6.22.